The third kappa shape index (κ3) is 1.44. The average Bonchev–Trinajstić information content (AvgIpc) is 2.54. The molecule has 3 nitrogen and oxygen atoms in total. The summed E-state index contributed by atoms with van der Waals surface area (Å²) in [6, 6.07) is 0. The molecule has 0 saturated carbocycles. The summed E-state index contributed by atoms with van der Waals surface area (Å²) in [6.45, 7) is 2.29. The first kappa shape index (κ1) is 7.65. The third-order valence-electron chi connectivity index (χ3n) is 2.29. The first-order valence-corrected chi connectivity index (χ1v) is 4.52. The van der Waals surface area contributed by atoms with E-state index < -0.39 is 0 Å². The smallest absolute Gasteiger partial charge is 0.156 e. The molecule has 3 heteroatoms. The summed E-state index contributed by atoms with van der Waals surface area (Å²) >= 11 is 0. The van der Waals surface area contributed by atoms with Gasteiger partial charge in [-0.1, -0.05) is 0 Å². The third-order valence-corrected chi connectivity index (χ3v) is 2.29. The van der Waals surface area contributed by atoms with Gasteiger partial charge in [0.1, 0.15) is 6.20 Å². The second-order valence-electron chi connectivity index (χ2n) is 3.34. The molecule has 1 radical (unpaired) electrons. The number of aromatic nitrogens is 2. The number of hydrogen-bond acceptors (Lipinski definition) is 2. The Balaban J connectivity index is 2.08. The summed E-state index contributed by atoms with van der Waals surface area (Å²) in [6.07, 6.45) is 8.94. The van der Waals surface area contributed by atoms with Gasteiger partial charge >= 0.3 is 0 Å². The van der Waals surface area contributed by atoms with Gasteiger partial charge < -0.3 is 9.47 Å². The molecule has 0 spiro atoms. The normalized spacial score (nSPS) is 18.2. The standard InChI is InChI=1S/C9H14N3/c1-11-7-9(10-8-11)12-5-3-2-4-6-12/h8H,2-6H2,1H3. The average molecular weight is 164 g/mol. The molecule has 1 saturated heterocycles. The lowest BCUT2D eigenvalue weighted by Gasteiger charge is -2.25. The molecule has 0 unspecified atom stereocenters. The van der Waals surface area contributed by atoms with Crippen molar-refractivity contribution in [2.75, 3.05) is 18.0 Å². The first-order chi connectivity index (χ1) is 5.86. The number of aryl methyl sites for hydroxylation is 1. The molecule has 0 amide bonds. The van der Waals surface area contributed by atoms with E-state index in [0.29, 0.717) is 0 Å². The van der Waals surface area contributed by atoms with Gasteiger partial charge in [0.2, 0.25) is 0 Å². The highest BCUT2D eigenvalue weighted by Crippen LogP contribution is 2.15. The summed E-state index contributed by atoms with van der Waals surface area (Å²) < 4.78 is 1.88. The monoisotopic (exact) mass is 164 g/mol. The maximum Gasteiger partial charge on any atom is 0.156 e. The minimum absolute atomic E-state index is 1.01. The van der Waals surface area contributed by atoms with E-state index in [1.165, 1.54) is 19.3 Å². The van der Waals surface area contributed by atoms with Crippen LogP contribution in [0.25, 0.3) is 0 Å². The largest absolute Gasteiger partial charge is 0.355 e. The van der Waals surface area contributed by atoms with Gasteiger partial charge in [0.05, 0.1) is 6.33 Å². The molecule has 2 rings (SSSR count). The second-order valence-corrected chi connectivity index (χ2v) is 3.34. The Morgan fingerprint density at radius 3 is 2.67 bits per heavy atom. The highest BCUT2D eigenvalue weighted by molar-refractivity contribution is 5.34. The summed E-state index contributed by atoms with van der Waals surface area (Å²) in [7, 11) is 1.96. The van der Waals surface area contributed by atoms with E-state index in [4.69, 9.17) is 0 Å². The maximum atomic E-state index is 4.27. The molecule has 12 heavy (non-hydrogen) atoms. The van der Waals surface area contributed by atoms with E-state index in [2.05, 4.69) is 16.1 Å². The zero-order valence-electron chi connectivity index (χ0n) is 7.45. The second kappa shape index (κ2) is 3.17. The van der Waals surface area contributed by atoms with Crippen LogP contribution in [0.5, 0.6) is 0 Å². The molecule has 0 atom stereocenters. The summed E-state index contributed by atoms with van der Waals surface area (Å²) in [5.41, 5.74) is 0. The van der Waals surface area contributed by atoms with Crippen molar-refractivity contribution in [3.8, 4) is 0 Å². The van der Waals surface area contributed by atoms with Crippen LogP contribution >= 0.6 is 0 Å². The highest BCUT2D eigenvalue weighted by Gasteiger charge is 2.12. The Hall–Kier alpha value is -0.990. The summed E-state index contributed by atoms with van der Waals surface area (Å²) in [4.78, 5) is 6.58. The summed E-state index contributed by atoms with van der Waals surface area (Å²) in [5, 5.41) is 0. The number of rotatable bonds is 1. The predicted octanol–water partition coefficient (Wildman–Crippen LogP) is 1.21. The highest BCUT2D eigenvalue weighted by atomic mass is 15.2. The number of anilines is 1. The van der Waals surface area contributed by atoms with Crippen LogP contribution in [0.2, 0.25) is 0 Å². The van der Waals surface area contributed by atoms with Gasteiger partial charge in [-0.15, -0.1) is 0 Å². The minimum atomic E-state index is 1.01. The van der Waals surface area contributed by atoms with Crippen molar-refractivity contribution in [3.63, 3.8) is 0 Å². The quantitative estimate of drug-likeness (QED) is 0.622. The van der Waals surface area contributed by atoms with Crippen molar-refractivity contribution < 1.29 is 0 Å². The van der Waals surface area contributed by atoms with Crippen LogP contribution in [-0.4, -0.2) is 22.6 Å². The van der Waals surface area contributed by atoms with Gasteiger partial charge in [-0.05, 0) is 19.3 Å². The molecule has 0 N–H and O–H groups in total. The Morgan fingerprint density at radius 2 is 2.08 bits per heavy atom. The Labute approximate surface area is 73.0 Å². The van der Waals surface area contributed by atoms with E-state index in [1.807, 2.05) is 17.9 Å². The number of nitrogens with zero attached hydrogens (tertiary/aromatic N) is 3. The number of piperidine rings is 1. The molecule has 1 aromatic rings. The van der Waals surface area contributed by atoms with Crippen LogP contribution in [0.15, 0.2) is 6.33 Å². The zero-order chi connectivity index (χ0) is 8.39. The van der Waals surface area contributed by atoms with Crippen LogP contribution in [0.4, 0.5) is 5.82 Å². The van der Waals surface area contributed by atoms with E-state index in [9.17, 15) is 0 Å². The first-order valence-electron chi connectivity index (χ1n) is 4.52. The lowest BCUT2D eigenvalue weighted by atomic mass is 10.1. The zero-order valence-corrected chi connectivity index (χ0v) is 7.45. The van der Waals surface area contributed by atoms with Gasteiger partial charge in [-0.25, -0.2) is 4.98 Å². The Kier molecular flexibility index (Phi) is 2.02. The predicted molar refractivity (Wildman–Crippen MR) is 48.1 cm³/mol. The van der Waals surface area contributed by atoms with Crippen molar-refractivity contribution in [1.82, 2.24) is 9.55 Å². The molecular weight excluding hydrogens is 150 g/mol. The van der Waals surface area contributed by atoms with Gasteiger partial charge in [-0.3, -0.25) is 0 Å². The molecule has 1 aliphatic rings. The van der Waals surface area contributed by atoms with Crippen molar-refractivity contribution in [2.24, 2.45) is 7.05 Å². The van der Waals surface area contributed by atoms with Gasteiger partial charge in [0.25, 0.3) is 0 Å². The molecule has 2 heterocycles. The van der Waals surface area contributed by atoms with Crippen molar-refractivity contribution in [2.45, 2.75) is 19.3 Å². The van der Waals surface area contributed by atoms with Crippen LogP contribution < -0.4 is 4.90 Å². The fourth-order valence-corrected chi connectivity index (χ4v) is 1.61. The lowest BCUT2D eigenvalue weighted by Crippen LogP contribution is -2.29. The number of hydrogen-bond donors (Lipinski definition) is 0. The van der Waals surface area contributed by atoms with E-state index in [0.717, 1.165) is 18.9 Å². The van der Waals surface area contributed by atoms with E-state index in [1.54, 1.807) is 0 Å². The topological polar surface area (TPSA) is 21.1 Å². The fraction of sp³-hybridized carbons (Fsp3) is 0.667. The SMILES string of the molecule is Cn1[c]c(N2CCCCC2)nc1. The van der Waals surface area contributed by atoms with Crippen molar-refractivity contribution in [1.29, 1.82) is 0 Å². The van der Waals surface area contributed by atoms with E-state index >= 15 is 0 Å². The van der Waals surface area contributed by atoms with Crippen molar-refractivity contribution >= 4 is 5.82 Å². The Bertz CT molecular complexity index is 248. The van der Waals surface area contributed by atoms with Gasteiger partial charge in [-0.2, -0.15) is 0 Å². The number of imidazole rings is 1. The fourth-order valence-electron chi connectivity index (χ4n) is 1.61. The molecular formula is C9H14N3. The molecule has 65 valence electrons. The van der Waals surface area contributed by atoms with Crippen molar-refractivity contribution in [3.05, 3.63) is 12.5 Å². The molecule has 0 aliphatic carbocycles. The summed E-state index contributed by atoms with van der Waals surface area (Å²) in [5.74, 6) is 1.01. The van der Waals surface area contributed by atoms with Crippen LogP contribution in [0.1, 0.15) is 19.3 Å². The van der Waals surface area contributed by atoms with Crippen LogP contribution in [0.3, 0.4) is 0 Å². The van der Waals surface area contributed by atoms with Gasteiger partial charge in [0.15, 0.2) is 5.82 Å². The maximum absolute atomic E-state index is 4.27. The van der Waals surface area contributed by atoms with Gasteiger partial charge in [0, 0.05) is 20.1 Å². The molecule has 0 bridgehead atoms. The lowest BCUT2D eigenvalue weighted by molar-refractivity contribution is 0.574. The van der Waals surface area contributed by atoms with Crippen LogP contribution in [0, 0.1) is 6.20 Å². The molecule has 1 aromatic heterocycles. The Morgan fingerprint density at radius 1 is 1.33 bits per heavy atom. The minimum Gasteiger partial charge on any atom is -0.355 e. The van der Waals surface area contributed by atoms with Crippen LogP contribution in [-0.2, 0) is 7.05 Å². The molecule has 0 aromatic carbocycles. The molecule has 1 fully saturated rings. The molecule has 1 aliphatic heterocycles. The van der Waals surface area contributed by atoms with E-state index in [-0.39, 0.29) is 0 Å².